The van der Waals surface area contributed by atoms with Crippen LogP contribution in [0, 0.1) is 0 Å². The van der Waals surface area contributed by atoms with Crippen LogP contribution in [-0.4, -0.2) is 46.1 Å². The second kappa shape index (κ2) is 5.99. The van der Waals surface area contributed by atoms with Crippen molar-refractivity contribution < 1.29 is 19.1 Å². The molecule has 0 amide bonds. The normalized spacial score (nSPS) is 11.0. The molecule has 2 aromatic carbocycles. The molecule has 0 bridgehead atoms. The molecule has 0 spiro atoms. The molecule has 8 nitrogen and oxygen atoms in total. The van der Waals surface area contributed by atoms with Crippen molar-refractivity contribution in [1.82, 2.24) is 20.0 Å². The van der Waals surface area contributed by atoms with Crippen molar-refractivity contribution in [3.8, 4) is 5.69 Å². The fourth-order valence-corrected chi connectivity index (χ4v) is 3.12. The number of hydrogen-bond acceptors (Lipinski definition) is 6. The predicted octanol–water partition coefficient (Wildman–Crippen LogP) is 2.47. The molecule has 26 heavy (non-hydrogen) atoms. The smallest absolute Gasteiger partial charge is 0.355 e. The number of carbonyl (C=O) groups is 2. The number of nitrogens with one attached hydrogen (secondary N) is 1. The summed E-state index contributed by atoms with van der Waals surface area (Å²) in [5.41, 5.74) is 1.58. The van der Waals surface area contributed by atoms with Crippen LogP contribution in [0.1, 0.15) is 20.8 Å². The molecule has 2 aromatic heterocycles. The van der Waals surface area contributed by atoms with Crippen LogP contribution in [0.4, 0.5) is 0 Å². The van der Waals surface area contributed by atoms with Gasteiger partial charge in [-0.15, -0.1) is 5.10 Å². The van der Waals surface area contributed by atoms with Gasteiger partial charge in [0.25, 0.3) is 0 Å². The summed E-state index contributed by atoms with van der Waals surface area (Å²) in [6.07, 6.45) is 3.30. The largest absolute Gasteiger partial charge is 0.465 e. The van der Waals surface area contributed by atoms with Gasteiger partial charge in [0.05, 0.1) is 43.4 Å². The minimum absolute atomic E-state index is 0.0512. The fourth-order valence-electron chi connectivity index (χ4n) is 3.12. The summed E-state index contributed by atoms with van der Waals surface area (Å²) in [6, 6.07) is 9.37. The molecule has 0 aliphatic rings. The van der Waals surface area contributed by atoms with Gasteiger partial charge in [0.1, 0.15) is 5.69 Å². The number of fused-ring (bicyclic) bond motifs is 3. The average molecular weight is 350 g/mol. The van der Waals surface area contributed by atoms with E-state index < -0.39 is 11.9 Å². The molecule has 130 valence electrons. The van der Waals surface area contributed by atoms with Crippen LogP contribution in [0.3, 0.4) is 0 Å². The third-order valence-electron chi connectivity index (χ3n) is 4.24. The van der Waals surface area contributed by atoms with Gasteiger partial charge < -0.3 is 14.5 Å². The van der Waals surface area contributed by atoms with Gasteiger partial charge in [0, 0.05) is 10.8 Å². The van der Waals surface area contributed by atoms with Gasteiger partial charge >= 0.3 is 11.9 Å². The summed E-state index contributed by atoms with van der Waals surface area (Å²) >= 11 is 0. The van der Waals surface area contributed by atoms with Gasteiger partial charge in [0.2, 0.25) is 0 Å². The molecule has 1 N–H and O–H groups in total. The molecule has 0 aliphatic carbocycles. The summed E-state index contributed by atoms with van der Waals surface area (Å²) < 4.78 is 11.3. The first kappa shape index (κ1) is 15.8. The first-order valence-corrected chi connectivity index (χ1v) is 7.76. The van der Waals surface area contributed by atoms with E-state index in [0.29, 0.717) is 10.9 Å². The van der Waals surface area contributed by atoms with Gasteiger partial charge in [0.15, 0.2) is 0 Å². The first-order valence-electron chi connectivity index (χ1n) is 7.76. The van der Waals surface area contributed by atoms with Crippen LogP contribution < -0.4 is 0 Å². The summed E-state index contributed by atoms with van der Waals surface area (Å²) in [5.74, 6) is -1.26. The van der Waals surface area contributed by atoms with E-state index in [1.807, 2.05) is 24.3 Å². The average Bonchev–Trinajstić information content (AvgIpc) is 3.33. The predicted molar refractivity (Wildman–Crippen MR) is 93.4 cm³/mol. The second-order valence-corrected chi connectivity index (χ2v) is 5.57. The van der Waals surface area contributed by atoms with Crippen LogP contribution >= 0.6 is 0 Å². The molecular weight excluding hydrogens is 336 g/mol. The summed E-state index contributed by atoms with van der Waals surface area (Å²) in [7, 11) is 2.53. The van der Waals surface area contributed by atoms with E-state index in [2.05, 4.69) is 15.3 Å². The van der Waals surface area contributed by atoms with E-state index in [0.717, 1.165) is 16.5 Å². The molecule has 0 atom stereocenters. The Kier molecular flexibility index (Phi) is 3.65. The van der Waals surface area contributed by atoms with E-state index in [-0.39, 0.29) is 11.3 Å². The van der Waals surface area contributed by atoms with E-state index in [1.165, 1.54) is 14.2 Å². The van der Waals surface area contributed by atoms with E-state index >= 15 is 0 Å². The summed E-state index contributed by atoms with van der Waals surface area (Å²) in [4.78, 5) is 27.5. The molecule has 8 heteroatoms. The van der Waals surface area contributed by atoms with Gasteiger partial charge in [-0.2, -0.15) is 0 Å². The van der Waals surface area contributed by atoms with Gasteiger partial charge in [-0.05, 0) is 11.5 Å². The molecule has 0 unspecified atom stereocenters. The Morgan fingerprint density at radius 2 is 1.88 bits per heavy atom. The summed E-state index contributed by atoms with van der Waals surface area (Å²) in [5, 5.41) is 10.2. The zero-order valence-electron chi connectivity index (χ0n) is 14.0. The quantitative estimate of drug-likeness (QED) is 0.570. The lowest BCUT2D eigenvalue weighted by molar-refractivity contribution is 0.0553. The standard InChI is InChI=1S/C18H14N4O4/c1-25-17(23)14-11-7-6-10-4-3-5-12(22-9-8-19-21-22)13(10)15(11)20-16(14)18(24)26-2/h3-9,20H,1-2H3. The molecule has 0 aliphatic heterocycles. The van der Waals surface area contributed by atoms with Crippen molar-refractivity contribution in [3.05, 3.63) is 54.0 Å². The van der Waals surface area contributed by atoms with Crippen LogP contribution in [0.25, 0.3) is 27.4 Å². The molecule has 0 radical (unpaired) electrons. The van der Waals surface area contributed by atoms with Crippen LogP contribution in [0.15, 0.2) is 42.7 Å². The number of aromatic amines is 1. The molecule has 4 rings (SSSR count). The highest BCUT2D eigenvalue weighted by Crippen LogP contribution is 2.33. The van der Waals surface area contributed by atoms with Crippen LogP contribution in [-0.2, 0) is 9.47 Å². The zero-order valence-corrected chi connectivity index (χ0v) is 14.0. The monoisotopic (exact) mass is 350 g/mol. The third-order valence-corrected chi connectivity index (χ3v) is 4.24. The highest BCUT2D eigenvalue weighted by Gasteiger charge is 2.26. The van der Waals surface area contributed by atoms with Crippen LogP contribution in [0.2, 0.25) is 0 Å². The lowest BCUT2D eigenvalue weighted by atomic mass is 10.0. The second-order valence-electron chi connectivity index (χ2n) is 5.57. The van der Waals surface area contributed by atoms with Crippen molar-refractivity contribution in [3.63, 3.8) is 0 Å². The molecule has 0 saturated carbocycles. The zero-order chi connectivity index (χ0) is 18.3. The van der Waals surface area contributed by atoms with Crippen LogP contribution in [0.5, 0.6) is 0 Å². The number of ether oxygens (including phenoxy) is 2. The Morgan fingerprint density at radius 3 is 2.58 bits per heavy atom. The number of carbonyl (C=O) groups excluding carboxylic acids is 2. The number of H-pyrrole nitrogens is 1. The maximum Gasteiger partial charge on any atom is 0.355 e. The highest BCUT2D eigenvalue weighted by molar-refractivity contribution is 6.19. The number of hydrogen-bond donors (Lipinski definition) is 1. The number of benzene rings is 2. The molecule has 4 aromatic rings. The molecular formula is C18H14N4O4. The Hall–Kier alpha value is -3.68. The molecule has 0 fully saturated rings. The SMILES string of the molecule is COC(=O)c1[nH]c2c(ccc3cccc(-n4ccnn4)c32)c1C(=O)OC. The highest BCUT2D eigenvalue weighted by atomic mass is 16.5. The maximum atomic E-state index is 12.3. The Bertz CT molecular complexity index is 1150. The van der Waals surface area contributed by atoms with Crippen molar-refractivity contribution in [2.45, 2.75) is 0 Å². The van der Waals surface area contributed by atoms with Crippen molar-refractivity contribution in [2.75, 3.05) is 14.2 Å². The number of rotatable bonds is 3. The number of methoxy groups -OCH3 is 2. The number of esters is 2. The van der Waals surface area contributed by atoms with E-state index in [4.69, 9.17) is 9.47 Å². The Morgan fingerprint density at radius 1 is 1.08 bits per heavy atom. The van der Waals surface area contributed by atoms with E-state index in [9.17, 15) is 9.59 Å². The first-order chi connectivity index (χ1) is 12.7. The number of nitrogens with zero attached hydrogens (tertiary/aromatic N) is 3. The lowest BCUT2D eigenvalue weighted by Crippen LogP contribution is -2.10. The molecule has 2 heterocycles. The summed E-state index contributed by atoms with van der Waals surface area (Å²) in [6.45, 7) is 0. The van der Waals surface area contributed by atoms with Gasteiger partial charge in [-0.1, -0.05) is 29.5 Å². The Balaban J connectivity index is 2.15. The third kappa shape index (κ3) is 2.23. The van der Waals surface area contributed by atoms with Crippen molar-refractivity contribution >= 4 is 33.6 Å². The maximum absolute atomic E-state index is 12.3. The van der Waals surface area contributed by atoms with Gasteiger partial charge in [-0.25, -0.2) is 14.3 Å². The topological polar surface area (TPSA) is 99.1 Å². The van der Waals surface area contributed by atoms with Crippen molar-refractivity contribution in [1.29, 1.82) is 0 Å². The van der Waals surface area contributed by atoms with Gasteiger partial charge in [-0.3, -0.25) is 0 Å². The lowest BCUT2D eigenvalue weighted by Gasteiger charge is -2.07. The minimum Gasteiger partial charge on any atom is -0.465 e. The van der Waals surface area contributed by atoms with E-state index in [1.54, 1.807) is 23.1 Å². The Labute approximate surface area is 147 Å². The fraction of sp³-hybridized carbons (Fsp3) is 0.111. The minimum atomic E-state index is -0.645. The molecule has 0 saturated heterocycles. The van der Waals surface area contributed by atoms with Crippen molar-refractivity contribution in [2.24, 2.45) is 0 Å². The number of aromatic nitrogens is 4.